The molecule has 3 rings (SSSR count). The third kappa shape index (κ3) is 1.87. The SMILES string of the molecule is CC(c1nncn1C)n1c(N)nc2cc(Br)c(F)cc21. The van der Waals surface area contributed by atoms with E-state index in [1.165, 1.54) is 6.07 Å². The zero-order chi connectivity index (χ0) is 14.4. The van der Waals surface area contributed by atoms with Gasteiger partial charge in [-0.1, -0.05) is 0 Å². The fourth-order valence-corrected chi connectivity index (χ4v) is 2.63. The summed E-state index contributed by atoms with van der Waals surface area (Å²) >= 11 is 3.15. The molecule has 0 aliphatic carbocycles. The summed E-state index contributed by atoms with van der Waals surface area (Å²) in [6.07, 6.45) is 1.61. The normalized spacial score (nSPS) is 13.0. The van der Waals surface area contributed by atoms with Crippen molar-refractivity contribution in [2.75, 3.05) is 5.73 Å². The van der Waals surface area contributed by atoms with Crippen molar-refractivity contribution in [3.8, 4) is 0 Å². The second-order valence-electron chi connectivity index (χ2n) is 4.57. The lowest BCUT2D eigenvalue weighted by atomic mass is 10.2. The molecule has 0 amide bonds. The summed E-state index contributed by atoms with van der Waals surface area (Å²) in [7, 11) is 1.85. The van der Waals surface area contributed by atoms with Crippen LogP contribution < -0.4 is 5.73 Å². The maximum Gasteiger partial charge on any atom is 0.201 e. The highest BCUT2D eigenvalue weighted by Gasteiger charge is 2.20. The van der Waals surface area contributed by atoms with E-state index in [1.54, 1.807) is 21.5 Å². The van der Waals surface area contributed by atoms with Crippen molar-refractivity contribution in [2.45, 2.75) is 13.0 Å². The van der Waals surface area contributed by atoms with Crippen LogP contribution in [0.5, 0.6) is 0 Å². The number of hydrogen-bond acceptors (Lipinski definition) is 4. The molecule has 104 valence electrons. The maximum atomic E-state index is 13.8. The lowest BCUT2D eigenvalue weighted by molar-refractivity contribution is 0.590. The summed E-state index contributed by atoms with van der Waals surface area (Å²) in [5, 5.41) is 7.92. The van der Waals surface area contributed by atoms with E-state index in [4.69, 9.17) is 5.73 Å². The van der Waals surface area contributed by atoms with E-state index < -0.39 is 0 Å². The molecular formula is C12H12BrFN6. The van der Waals surface area contributed by atoms with Gasteiger partial charge in [0, 0.05) is 13.1 Å². The van der Waals surface area contributed by atoms with Crippen molar-refractivity contribution in [2.24, 2.45) is 7.05 Å². The van der Waals surface area contributed by atoms with Gasteiger partial charge in [-0.05, 0) is 28.9 Å². The minimum absolute atomic E-state index is 0.201. The molecule has 6 nitrogen and oxygen atoms in total. The molecule has 0 bridgehead atoms. The Morgan fingerprint density at radius 1 is 1.40 bits per heavy atom. The van der Waals surface area contributed by atoms with Gasteiger partial charge in [0.15, 0.2) is 5.82 Å². The molecular weight excluding hydrogens is 327 g/mol. The van der Waals surface area contributed by atoms with Crippen LogP contribution in [-0.2, 0) is 7.05 Å². The second-order valence-corrected chi connectivity index (χ2v) is 5.43. The summed E-state index contributed by atoms with van der Waals surface area (Å²) in [6, 6.07) is 2.82. The molecule has 0 aliphatic heterocycles. The highest BCUT2D eigenvalue weighted by atomic mass is 79.9. The predicted molar refractivity (Wildman–Crippen MR) is 76.6 cm³/mol. The Kier molecular flexibility index (Phi) is 2.97. The molecule has 0 fully saturated rings. The third-order valence-corrected chi connectivity index (χ3v) is 3.87. The molecule has 8 heteroatoms. The molecule has 0 radical (unpaired) electrons. The third-order valence-electron chi connectivity index (χ3n) is 3.27. The van der Waals surface area contributed by atoms with Crippen LogP contribution in [0.4, 0.5) is 10.3 Å². The van der Waals surface area contributed by atoms with Crippen LogP contribution in [0.3, 0.4) is 0 Å². The molecule has 2 aromatic heterocycles. The van der Waals surface area contributed by atoms with Crippen molar-refractivity contribution in [1.29, 1.82) is 0 Å². The standard InChI is InChI=1S/C12H12BrFN6/c1-6(11-18-16-5-19(11)2)20-10-4-8(14)7(13)3-9(10)17-12(20)15/h3-6H,1-2H3,(H2,15,17). The molecule has 2 N–H and O–H groups in total. The largest absolute Gasteiger partial charge is 0.369 e. The summed E-state index contributed by atoms with van der Waals surface area (Å²) in [6.45, 7) is 1.92. The van der Waals surface area contributed by atoms with Gasteiger partial charge in [-0.2, -0.15) is 0 Å². The number of aromatic nitrogens is 5. The first kappa shape index (κ1) is 13.0. The minimum atomic E-state index is -0.358. The van der Waals surface area contributed by atoms with Crippen LogP contribution in [0.25, 0.3) is 11.0 Å². The molecule has 20 heavy (non-hydrogen) atoms. The first-order chi connectivity index (χ1) is 9.49. The van der Waals surface area contributed by atoms with E-state index in [2.05, 4.69) is 31.1 Å². The van der Waals surface area contributed by atoms with Crippen molar-refractivity contribution >= 4 is 32.9 Å². The van der Waals surface area contributed by atoms with Crippen LogP contribution >= 0.6 is 15.9 Å². The van der Waals surface area contributed by atoms with Gasteiger partial charge in [0.05, 0.1) is 21.5 Å². The van der Waals surface area contributed by atoms with Gasteiger partial charge in [0.25, 0.3) is 0 Å². The Morgan fingerprint density at radius 2 is 2.15 bits per heavy atom. The topological polar surface area (TPSA) is 74.5 Å². The molecule has 1 atom stereocenters. The number of nitrogens with two attached hydrogens (primary N) is 1. The number of rotatable bonds is 2. The molecule has 1 unspecified atom stereocenters. The summed E-state index contributed by atoms with van der Waals surface area (Å²) in [5.74, 6) is 0.677. The van der Waals surface area contributed by atoms with E-state index in [-0.39, 0.29) is 11.9 Å². The zero-order valence-corrected chi connectivity index (χ0v) is 12.5. The van der Waals surface area contributed by atoms with Crippen molar-refractivity contribution < 1.29 is 4.39 Å². The van der Waals surface area contributed by atoms with E-state index in [9.17, 15) is 4.39 Å². The fraction of sp³-hybridized carbons (Fsp3) is 0.250. The van der Waals surface area contributed by atoms with Crippen LogP contribution in [0, 0.1) is 5.82 Å². The maximum absolute atomic E-state index is 13.8. The van der Waals surface area contributed by atoms with Gasteiger partial charge in [-0.25, -0.2) is 9.37 Å². The Balaban J connectivity index is 2.23. The molecule has 2 heterocycles. The number of aryl methyl sites for hydroxylation is 1. The van der Waals surface area contributed by atoms with E-state index in [0.717, 1.165) is 5.82 Å². The summed E-state index contributed by atoms with van der Waals surface area (Å²) in [4.78, 5) is 4.26. The monoisotopic (exact) mass is 338 g/mol. The van der Waals surface area contributed by atoms with Crippen LogP contribution in [0.1, 0.15) is 18.8 Å². The van der Waals surface area contributed by atoms with Crippen molar-refractivity contribution in [1.82, 2.24) is 24.3 Å². The van der Waals surface area contributed by atoms with Crippen LogP contribution in [-0.4, -0.2) is 24.3 Å². The molecule has 0 aliphatic rings. The number of anilines is 1. The number of halogens is 2. The molecule has 0 saturated carbocycles. The predicted octanol–water partition coefficient (Wildman–Crippen LogP) is 2.26. The number of benzene rings is 1. The average molecular weight is 339 g/mol. The Morgan fingerprint density at radius 3 is 2.80 bits per heavy atom. The Labute approximate surface area is 122 Å². The number of nitrogens with zero attached hydrogens (tertiary/aromatic N) is 5. The molecule has 3 aromatic rings. The number of hydrogen-bond donors (Lipinski definition) is 1. The minimum Gasteiger partial charge on any atom is -0.369 e. The lowest BCUT2D eigenvalue weighted by Gasteiger charge is -2.15. The lowest BCUT2D eigenvalue weighted by Crippen LogP contribution is -2.14. The van der Waals surface area contributed by atoms with Crippen LogP contribution in [0.2, 0.25) is 0 Å². The molecule has 1 aromatic carbocycles. The van der Waals surface area contributed by atoms with Crippen molar-refractivity contribution in [3.05, 3.63) is 34.6 Å². The smallest absolute Gasteiger partial charge is 0.201 e. The first-order valence-corrected chi connectivity index (χ1v) is 6.74. The second kappa shape index (κ2) is 4.55. The van der Waals surface area contributed by atoms with Gasteiger partial charge in [-0.15, -0.1) is 10.2 Å². The first-order valence-electron chi connectivity index (χ1n) is 5.95. The summed E-state index contributed by atoms with van der Waals surface area (Å²) in [5.41, 5.74) is 7.22. The van der Waals surface area contributed by atoms with Gasteiger partial charge < -0.3 is 10.3 Å². The van der Waals surface area contributed by atoms with E-state index in [0.29, 0.717) is 21.5 Å². The quantitative estimate of drug-likeness (QED) is 0.777. The van der Waals surface area contributed by atoms with E-state index >= 15 is 0 Å². The van der Waals surface area contributed by atoms with Crippen LogP contribution in [0.15, 0.2) is 22.9 Å². The van der Waals surface area contributed by atoms with Gasteiger partial charge in [-0.3, -0.25) is 4.57 Å². The molecule has 0 spiro atoms. The fourth-order valence-electron chi connectivity index (χ4n) is 2.30. The summed E-state index contributed by atoms with van der Waals surface area (Å²) < 4.78 is 17.7. The van der Waals surface area contributed by atoms with Gasteiger partial charge in [0.2, 0.25) is 5.95 Å². The van der Waals surface area contributed by atoms with Gasteiger partial charge in [0.1, 0.15) is 12.1 Å². The average Bonchev–Trinajstić information content (AvgIpc) is 2.93. The zero-order valence-electron chi connectivity index (χ0n) is 10.9. The molecule has 0 saturated heterocycles. The number of nitrogen functional groups attached to an aromatic ring is 1. The van der Waals surface area contributed by atoms with E-state index in [1.807, 2.05) is 14.0 Å². The number of imidazole rings is 1. The Bertz CT molecular complexity index is 793. The number of fused-ring (bicyclic) bond motifs is 1. The highest BCUT2D eigenvalue weighted by Crippen LogP contribution is 2.29. The van der Waals surface area contributed by atoms with Crippen molar-refractivity contribution in [3.63, 3.8) is 0 Å². The van der Waals surface area contributed by atoms with Gasteiger partial charge >= 0.3 is 0 Å². The Hall–Kier alpha value is -1.96. The highest BCUT2D eigenvalue weighted by molar-refractivity contribution is 9.10.